The van der Waals surface area contributed by atoms with Crippen molar-refractivity contribution in [1.82, 2.24) is 0 Å². The van der Waals surface area contributed by atoms with Crippen LogP contribution in [0.5, 0.6) is 5.75 Å². The van der Waals surface area contributed by atoms with E-state index in [-0.39, 0.29) is 12.3 Å². The van der Waals surface area contributed by atoms with Crippen molar-refractivity contribution < 1.29 is 14.5 Å². The first-order chi connectivity index (χ1) is 10.0. The Hall–Kier alpha value is -1.92. The summed E-state index contributed by atoms with van der Waals surface area (Å²) in [6.07, 6.45) is 0.721. The van der Waals surface area contributed by atoms with Crippen LogP contribution in [0.4, 0.5) is 5.69 Å². The van der Waals surface area contributed by atoms with Gasteiger partial charge in [0, 0.05) is 16.7 Å². The van der Waals surface area contributed by atoms with Gasteiger partial charge in [-0.1, -0.05) is 11.6 Å². The summed E-state index contributed by atoms with van der Waals surface area (Å²) in [5.41, 5.74) is 0.825. The van der Waals surface area contributed by atoms with Crippen LogP contribution in [0, 0.1) is 10.1 Å². The molecule has 0 aliphatic heterocycles. The molecule has 0 amide bonds. The Balaban J connectivity index is 2.20. The number of ether oxygens (including phenoxy) is 1. The maximum absolute atomic E-state index is 11.0. The van der Waals surface area contributed by atoms with E-state index < -0.39 is 4.92 Å². The molecule has 0 heterocycles. The van der Waals surface area contributed by atoms with Gasteiger partial charge in [-0.2, -0.15) is 0 Å². The zero-order valence-electron chi connectivity index (χ0n) is 10.6. The number of hydrogen-bond acceptors (Lipinski definition) is 4. The third-order valence-electron chi connectivity index (χ3n) is 2.72. The number of nitrogens with zero attached hydrogens (tertiary/aromatic N) is 1. The lowest BCUT2D eigenvalue weighted by Crippen LogP contribution is -2.01. The molecule has 0 aliphatic carbocycles. The normalized spacial score (nSPS) is 10.2. The van der Waals surface area contributed by atoms with Gasteiger partial charge in [-0.25, -0.2) is 0 Å². The van der Waals surface area contributed by atoms with Gasteiger partial charge in [-0.15, -0.1) is 0 Å². The molecule has 0 fully saturated rings. The van der Waals surface area contributed by atoms with Gasteiger partial charge in [-0.3, -0.25) is 14.9 Å². The van der Waals surface area contributed by atoms with Crippen molar-refractivity contribution in [1.29, 1.82) is 0 Å². The molecule has 0 saturated carbocycles. The minimum absolute atomic E-state index is 0.0204. The smallest absolute Gasteiger partial charge is 0.277 e. The average Bonchev–Trinajstić information content (AvgIpc) is 2.46. The second-order valence-electron chi connectivity index (χ2n) is 4.13. The third kappa shape index (κ3) is 3.80. The molecule has 0 saturated heterocycles. The summed E-state index contributed by atoms with van der Waals surface area (Å²) in [4.78, 5) is 21.1. The molecule has 0 spiro atoms. The number of nitro groups is 1. The zero-order valence-corrected chi connectivity index (χ0v) is 12.9. The number of halogens is 2. The predicted octanol–water partition coefficient (Wildman–Crippen LogP) is 4.40. The van der Waals surface area contributed by atoms with Gasteiger partial charge in [0.15, 0.2) is 0 Å². The maximum Gasteiger partial charge on any atom is 0.277 e. The molecule has 0 radical (unpaired) electrons. The lowest BCUT2D eigenvalue weighted by atomic mass is 10.2. The molecule has 7 heteroatoms. The van der Waals surface area contributed by atoms with Crippen molar-refractivity contribution in [3.63, 3.8) is 0 Å². The van der Waals surface area contributed by atoms with Crippen LogP contribution >= 0.6 is 27.5 Å². The lowest BCUT2D eigenvalue weighted by Gasteiger charge is -2.09. The van der Waals surface area contributed by atoms with E-state index in [9.17, 15) is 14.9 Å². The Morgan fingerprint density at radius 3 is 2.67 bits per heavy atom. The van der Waals surface area contributed by atoms with E-state index in [1.54, 1.807) is 30.3 Å². The molecule has 0 bridgehead atoms. The van der Waals surface area contributed by atoms with Crippen LogP contribution in [0.1, 0.15) is 15.9 Å². The van der Waals surface area contributed by atoms with Crippen molar-refractivity contribution in [3.05, 3.63) is 67.1 Å². The SMILES string of the molecule is O=Cc1ccc(OCc2ccc(Cl)cc2[N+](=O)[O-])c(Br)c1. The summed E-state index contributed by atoms with van der Waals surface area (Å²) < 4.78 is 6.14. The number of hydrogen-bond donors (Lipinski definition) is 0. The largest absolute Gasteiger partial charge is 0.487 e. The molecule has 2 aromatic carbocycles. The quantitative estimate of drug-likeness (QED) is 0.444. The van der Waals surface area contributed by atoms with Crippen LogP contribution in [0.15, 0.2) is 40.9 Å². The topological polar surface area (TPSA) is 69.4 Å². The third-order valence-corrected chi connectivity index (χ3v) is 3.57. The average molecular weight is 371 g/mol. The van der Waals surface area contributed by atoms with Crippen molar-refractivity contribution in [2.75, 3.05) is 0 Å². The summed E-state index contributed by atoms with van der Waals surface area (Å²) in [6, 6.07) is 9.23. The molecule has 0 N–H and O–H groups in total. The molecule has 2 rings (SSSR count). The number of rotatable bonds is 5. The summed E-state index contributed by atoms with van der Waals surface area (Å²) in [7, 11) is 0. The van der Waals surface area contributed by atoms with Crippen LogP contribution in [-0.4, -0.2) is 11.2 Å². The Kier molecular flexibility index (Phi) is 4.93. The molecular weight excluding hydrogens is 362 g/mol. The molecule has 108 valence electrons. The molecule has 0 unspecified atom stereocenters. The fraction of sp³-hybridized carbons (Fsp3) is 0.0714. The molecule has 0 aliphatic rings. The van der Waals surface area contributed by atoms with Crippen LogP contribution in [0.3, 0.4) is 0 Å². The summed E-state index contributed by atoms with van der Waals surface area (Å²) in [6.45, 7) is 0.0204. The Bertz CT molecular complexity index is 705. The van der Waals surface area contributed by atoms with Gasteiger partial charge >= 0.3 is 0 Å². The highest BCUT2D eigenvalue weighted by Gasteiger charge is 2.15. The highest BCUT2D eigenvalue weighted by Crippen LogP contribution is 2.28. The van der Waals surface area contributed by atoms with E-state index in [0.29, 0.717) is 26.4 Å². The van der Waals surface area contributed by atoms with Crippen LogP contribution in [0.2, 0.25) is 5.02 Å². The van der Waals surface area contributed by atoms with Crippen LogP contribution < -0.4 is 4.74 Å². The van der Waals surface area contributed by atoms with E-state index in [1.165, 1.54) is 6.07 Å². The van der Waals surface area contributed by atoms with Gasteiger partial charge in [0.1, 0.15) is 18.6 Å². The van der Waals surface area contributed by atoms with E-state index in [4.69, 9.17) is 16.3 Å². The standard InChI is InChI=1S/C14H9BrClNO4/c15-12-5-9(7-18)1-4-14(12)21-8-10-2-3-11(16)6-13(10)17(19)20/h1-7H,8H2. The fourth-order valence-corrected chi connectivity index (χ4v) is 2.37. The number of carbonyl (C=O) groups excluding carboxylic acids is 1. The van der Waals surface area contributed by atoms with Crippen molar-refractivity contribution in [2.45, 2.75) is 6.61 Å². The van der Waals surface area contributed by atoms with E-state index in [2.05, 4.69) is 15.9 Å². The van der Waals surface area contributed by atoms with Gasteiger partial charge in [0.25, 0.3) is 5.69 Å². The Morgan fingerprint density at radius 1 is 1.29 bits per heavy atom. The number of carbonyl (C=O) groups is 1. The zero-order chi connectivity index (χ0) is 15.4. The molecule has 21 heavy (non-hydrogen) atoms. The first-order valence-corrected chi connectivity index (χ1v) is 6.98. The maximum atomic E-state index is 11.0. The number of aldehydes is 1. The van der Waals surface area contributed by atoms with E-state index in [1.807, 2.05) is 0 Å². The summed E-state index contributed by atoms with van der Waals surface area (Å²) >= 11 is 9.03. The first-order valence-electron chi connectivity index (χ1n) is 5.81. The minimum Gasteiger partial charge on any atom is -0.487 e. The highest BCUT2D eigenvalue weighted by atomic mass is 79.9. The van der Waals surface area contributed by atoms with Gasteiger partial charge in [0.05, 0.1) is 15.0 Å². The summed E-state index contributed by atoms with van der Waals surface area (Å²) in [5.74, 6) is 0.491. The van der Waals surface area contributed by atoms with E-state index in [0.717, 1.165) is 6.29 Å². The molecular formula is C14H9BrClNO4. The van der Waals surface area contributed by atoms with Crippen molar-refractivity contribution >= 4 is 39.5 Å². The van der Waals surface area contributed by atoms with Gasteiger partial charge in [0.2, 0.25) is 0 Å². The second-order valence-corrected chi connectivity index (χ2v) is 5.42. The number of nitro benzene ring substituents is 1. The lowest BCUT2D eigenvalue weighted by molar-refractivity contribution is -0.385. The van der Waals surface area contributed by atoms with Crippen LogP contribution in [-0.2, 0) is 6.61 Å². The molecule has 0 atom stereocenters. The molecule has 0 aromatic heterocycles. The highest BCUT2D eigenvalue weighted by molar-refractivity contribution is 9.10. The van der Waals surface area contributed by atoms with E-state index >= 15 is 0 Å². The van der Waals surface area contributed by atoms with Crippen molar-refractivity contribution in [2.24, 2.45) is 0 Å². The molecule has 2 aromatic rings. The predicted molar refractivity (Wildman–Crippen MR) is 82.0 cm³/mol. The Labute approximate surface area is 133 Å². The van der Waals surface area contributed by atoms with Gasteiger partial charge in [-0.05, 0) is 46.3 Å². The first kappa shape index (κ1) is 15.5. The fourth-order valence-electron chi connectivity index (χ4n) is 1.69. The number of benzene rings is 2. The monoisotopic (exact) mass is 369 g/mol. The van der Waals surface area contributed by atoms with Gasteiger partial charge < -0.3 is 4.74 Å². The summed E-state index contributed by atoms with van der Waals surface area (Å²) in [5, 5.41) is 11.3. The van der Waals surface area contributed by atoms with Crippen LogP contribution in [0.25, 0.3) is 0 Å². The van der Waals surface area contributed by atoms with Crippen molar-refractivity contribution in [3.8, 4) is 5.75 Å². The molecule has 5 nitrogen and oxygen atoms in total. The Morgan fingerprint density at radius 2 is 2.05 bits per heavy atom. The second kappa shape index (κ2) is 6.69. The minimum atomic E-state index is -0.505.